The summed E-state index contributed by atoms with van der Waals surface area (Å²) in [6, 6.07) is 14.5. The Balaban J connectivity index is 1.75. The molecule has 0 saturated carbocycles. The molecule has 164 valence electrons. The van der Waals surface area contributed by atoms with E-state index < -0.39 is 0 Å². The van der Waals surface area contributed by atoms with Crippen molar-refractivity contribution in [1.82, 2.24) is 0 Å². The van der Waals surface area contributed by atoms with Gasteiger partial charge in [-0.25, -0.2) is 0 Å². The maximum absolute atomic E-state index is 12.7. The van der Waals surface area contributed by atoms with Gasteiger partial charge >= 0.3 is 0 Å². The lowest BCUT2D eigenvalue weighted by Gasteiger charge is -2.08. The lowest BCUT2D eigenvalue weighted by atomic mass is 10.0. The van der Waals surface area contributed by atoms with Crippen LogP contribution >= 0.6 is 0 Å². The van der Waals surface area contributed by atoms with E-state index in [1.54, 1.807) is 24.3 Å². The zero-order chi connectivity index (χ0) is 21.4. The Labute approximate surface area is 179 Å². The monoisotopic (exact) mass is 414 g/mol. The van der Waals surface area contributed by atoms with Gasteiger partial charge in [-0.1, -0.05) is 12.8 Å². The van der Waals surface area contributed by atoms with Crippen LogP contribution in [0.5, 0.6) is 11.5 Å². The number of aliphatic hydroxyl groups is 2. The number of rotatable bonds is 16. The number of carbonyl (C=O) groups excluding carboxylic acids is 1. The molecule has 0 unspecified atom stereocenters. The number of aliphatic hydroxyl groups excluding tert-OH is 2. The highest BCUT2D eigenvalue weighted by Crippen LogP contribution is 2.19. The fourth-order valence-electron chi connectivity index (χ4n) is 3.09. The third-order valence-electron chi connectivity index (χ3n) is 4.88. The molecule has 0 radical (unpaired) electrons. The molecule has 0 atom stereocenters. The largest absolute Gasteiger partial charge is 0.494 e. The Morgan fingerprint density at radius 2 is 0.933 bits per heavy atom. The molecule has 2 aromatic carbocycles. The van der Waals surface area contributed by atoms with Crippen molar-refractivity contribution in [2.75, 3.05) is 26.4 Å². The van der Waals surface area contributed by atoms with Gasteiger partial charge in [-0.15, -0.1) is 0 Å². The fraction of sp³-hybridized carbons (Fsp3) is 0.480. The molecule has 5 heteroatoms. The number of ether oxygens (including phenoxy) is 2. The molecule has 0 fully saturated rings. The van der Waals surface area contributed by atoms with Crippen LogP contribution in [0.2, 0.25) is 0 Å². The van der Waals surface area contributed by atoms with Gasteiger partial charge in [0.15, 0.2) is 5.78 Å². The van der Waals surface area contributed by atoms with Crippen LogP contribution in [0.1, 0.15) is 67.3 Å². The molecule has 2 rings (SSSR count). The predicted octanol–water partition coefficient (Wildman–Crippen LogP) is 4.78. The number of hydrogen-bond acceptors (Lipinski definition) is 5. The van der Waals surface area contributed by atoms with Gasteiger partial charge in [-0.2, -0.15) is 0 Å². The Morgan fingerprint density at radius 1 is 0.567 bits per heavy atom. The van der Waals surface area contributed by atoms with E-state index in [9.17, 15) is 4.79 Å². The summed E-state index contributed by atoms with van der Waals surface area (Å²) in [7, 11) is 0. The molecule has 0 spiro atoms. The topological polar surface area (TPSA) is 76.0 Å². The van der Waals surface area contributed by atoms with Crippen molar-refractivity contribution in [2.45, 2.75) is 51.4 Å². The van der Waals surface area contributed by atoms with Crippen molar-refractivity contribution in [3.63, 3.8) is 0 Å². The van der Waals surface area contributed by atoms with Crippen LogP contribution in [-0.2, 0) is 0 Å². The highest BCUT2D eigenvalue weighted by molar-refractivity contribution is 6.09. The van der Waals surface area contributed by atoms with Crippen molar-refractivity contribution in [3.8, 4) is 11.5 Å². The van der Waals surface area contributed by atoms with Gasteiger partial charge in [0.25, 0.3) is 0 Å². The average molecular weight is 415 g/mol. The van der Waals surface area contributed by atoms with E-state index in [-0.39, 0.29) is 19.0 Å². The Kier molecular flexibility index (Phi) is 11.6. The lowest BCUT2D eigenvalue weighted by molar-refractivity contribution is 0.103. The molecular weight excluding hydrogens is 380 g/mol. The molecule has 2 N–H and O–H groups in total. The highest BCUT2D eigenvalue weighted by Gasteiger charge is 2.09. The summed E-state index contributed by atoms with van der Waals surface area (Å²) in [5.41, 5.74) is 1.26. The third-order valence-corrected chi connectivity index (χ3v) is 4.88. The van der Waals surface area contributed by atoms with Crippen LogP contribution in [0.25, 0.3) is 0 Å². The first-order valence-corrected chi connectivity index (χ1v) is 11.0. The summed E-state index contributed by atoms with van der Waals surface area (Å²) in [5, 5.41) is 17.5. The minimum absolute atomic E-state index is 0.0268. The van der Waals surface area contributed by atoms with Crippen LogP contribution in [0.4, 0.5) is 0 Å². The molecule has 0 aliphatic rings. The number of carbonyl (C=O) groups is 1. The molecule has 0 aromatic heterocycles. The maximum Gasteiger partial charge on any atom is 0.193 e. The molecule has 0 heterocycles. The summed E-state index contributed by atoms with van der Waals surface area (Å²) in [6.07, 6.45) is 7.71. The second-order valence-electron chi connectivity index (χ2n) is 7.35. The first-order chi connectivity index (χ1) is 14.7. The van der Waals surface area contributed by atoms with Crippen molar-refractivity contribution >= 4 is 5.78 Å². The average Bonchev–Trinajstić information content (AvgIpc) is 2.79. The first kappa shape index (κ1) is 23.9. The zero-order valence-corrected chi connectivity index (χ0v) is 17.7. The number of ketones is 1. The van der Waals surface area contributed by atoms with Crippen LogP contribution in [0.15, 0.2) is 48.5 Å². The van der Waals surface area contributed by atoms with Crippen LogP contribution in [0, 0.1) is 0 Å². The van der Waals surface area contributed by atoms with E-state index in [2.05, 4.69) is 0 Å². The summed E-state index contributed by atoms with van der Waals surface area (Å²) in [4.78, 5) is 12.7. The number of unbranched alkanes of at least 4 members (excludes halogenated alkanes) is 6. The van der Waals surface area contributed by atoms with E-state index in [0.29, 0.717) is 24.3 Å². The van der Waals surface area contributed by atoms with Crippen molar-refractivity contribution < 1.29 is 24.5 Å². The SMILES string of the molecule is O=C(c1ccc(OCCCCCCO)cc1)c1ccc(OCCCCCCO)cc1. The summed E-state index contributed by atoms with van der Waals surface area (Å²) in [5.74, 6) is 1.49. The fourth-order valence-corrected chi connectivity index (χ4v) is 3.09. The van der Waals surface area contributed by atoms with E-state index in [1.807, 2.05) is 24.3 Å². The van der Waals surface area contributed by atoms with Crippen LogP contribution in [0.3, 0.4) is 0 Å². The predicted molar refractivity (Wildman–Crippen MR) is 118 cm³/mol. The minimum atomic E-state index is -0.0268. The number of hydrogen-bond donors (Lipinski definition) is 2. The normalized spacial score (nSPS) is 10.7. The van der Waals surface area contributed by atoms with Gasteiger partial charge in [0.1, 0.15) is 11.5 Å². The van der Waals surface area contributed by atoms with Crippen molar-refractivity contribution in [2.24, 2.45) is 0 Å². The van der Waals surface area contributed by atoms with Crippen LogP contribution in [-0.4, -0.2) is 42.4 Å². The summed E-state index contributed by atoms with van der Waals surface area (Å²) < 4.78 is 11.4. The van der Waals surface area contributed by atoms with Crippen molar-refractivity contribution in [3.05, 3.63) is 59.7 Å². The van der Waals surface area contributed by atoms with Gasteiger partial charge in [0.05, 0.1) is 13.2 Å². The van der Waals surface area contributed by atoms with Gasteiger partial charge in [-0.05, 0) is 87.1 Å². The Hall–Kier alpha value is -2.37. The Morgan fingerprint density at radius 3 is 1.30 bits per heavy atom. The molecule has 2 aromatic rings. The summed E-state index contributed by atoms with van der Waals surface area (Å²) >= 11 is 0. The Bertz CT molecular complexity index is 648. The third kappa shape index (κ3) is 8.97. The standard InChI is InChI=1S/C25H34O5/c26-17-5-1-3-7-19-29-23-13-9-21(10-14-23)25(28)22-11-15-24(16-12-22)30-20-8-4-2-6-18-27/h9-16,26-27H,1-8,17-20H2. The maximum atomic E-state index is 12.7. The molecule has 5 nitrogen and oxygen atoms in total. The van der Waals surface area contributed by atoms with Gasteiger partial charge in [-0.3, -0.25) is 4.79 Å². The van der Waals surface area contributed by atoms with E-state index in [0.717, 1.165) is 62.9 Å². The zero-order valence-electron chi connectivity index (χ0n) is 17.7. The van der Waals surface area contributed by atoms with E-state index in [4.69, 9.17) is 19.7 Å². The van der Waals surface area contributed by atoms with Crippen molar-refractivity contribution in [1.29, 1.82) is 0 Å². The number of benzene rings is 2. The second-order valence-corrected chi connectivity index (χ2v) is 7.35. The molecule has 0 saturated heterocycles. The molecule has 0 aliphatic carbocycles. The smallest absolute Gasteiger partial charge is 0.193 e. The first-order valence-electron chi connectivity index (χ1n) is 11.0. The molecule has 30 heavy (non-hydrogen) atoms. The quantitative estimate of drug-likeness (QED) is 0.305. The van der Waals surface area contributed by atoms with E-state index in [1.165, 1.54) is 0 Å². The molecule has 0 bridgehead atoms. The van der Waals surface area contributed by atoms with E-state index >= 15 is 0 Å². The van der Waals surface area contributed by atoms with Gasteiger partial charge in [0.2, 0.25) is 0 Å². The molecule has 0 aliphatic heterocycles. The van der Waals surface area contributed by atoms with Gasteiger partial charge in [0, 0.05) is 24.3 Å². The lowest BCUT2D eigenvalue weighted by Crippen LogP contribution is -2.03. The molecular formula is C25H34O5. The highest BCUT2D eigenvalue weighted by atomic mass is 16.5. The second kappa shape index (κ2) is 14.6. The molecule has 0 amide bonds. The van der Waals surface area contributed by atoms with Gasteiger partial charge < -0.3 is 19.7 Å². The summed E-state index contributed by atoms with van der Waals surface area (Å²) in [6.45, 7) is 1.78. The van der Waals surface area contributed by atoms with Crippen LogP contribution < -0.4 is 9.47 Å². The minimum Gasteiger partial charge on any atom is -0.494 e.